The summed E-state index contributed by atoms with van der Waals surface area (Å²) in [5.74, 6) is 0.0229. The van der Waals surface area contributed by atoms with Gasteiger partial charge >= 0.3 is 0 Å². The van der Waals surface area contributed by atoms with Crippen molar-refractivity contribution in [2.75, 3.05) is 18.4 Å². The van der Waals surface area contributed by atoms with Crippen molar-refractivity contribution in [2.24, 2.45) is 5.41 Å². The minimum atomic E-state index is -0.357. The van der Waals surface area contributed by atoms with Gasteiger partial charge in [0.05, 0.1) is 16.1 Å². The predicted molar refractivity (Wildman–Crippen MR) is 78.0 cm³/mol. The van der Waals surface area contributed by atoms with Gasteiger partial charge in [-0.1, -0.05) is 27.5 Å². The number of nitrogens with one attached hydrogen (secondary N) is 2. The van der Waals surface area contributed by atoms with Crippen molar-refractivity contribution in [3.63, 3.8) is 0 Å². The summed E-state index contributed by atoms with van der Waals surface area (Å²) >= 11 is 9.45. The second kappa shape index (κ2) is 5.59. The molecule has 0 bridgehead atoms. The minimum Gasteiger partial charge on any atom is -0.324 e. The molecule has 0 radical (unpaired) electrons. The Bertz CT molecular complexity index is 458. The van der Waals surface area contributed by atoms with Crippen LogP contribution in [0.3, 0.4) is 0 Å². The summed E-state index contributed by atoms with van der Waals surface area (Å²) in [6, 6.07) is 5.43. The fourth-order valence-electron chi connectivity index (χ4n) is 2.12. The van der Waals surface area contributed by atoms with Gasteiger partial charge in [-0.15, -0.1) is 0 Å². The largest absolute Gasteiger partial charge is 0.324 e. The highest BCUT2D eigenvalue weighted by atomic mass is 79.9. The molecule has 1 atom stereocenters. The van der Waals surface area contributed by atoms with E-state index in [1.165, 1.54) is 0 Å². The van der Waals surface area contributed by atoms with E-state index in [0.29, 0.717) is 17.3 Å². The van der Waals surface area contributed by atoms with Crippen LogP contribution in [0.2, 0.25) is 5.02 Å². The first-order valence-electron chi connectivity index (χ1n) is 5.98. The molecule has 1 amide bonds. The number of piperidine rings is 1. The highest BCUT2D eigenvalue weighted by Crippen LogP contribution is 2.30. The highest BCUT2D eigenvalue weighted by molar-refractivity contribution is 9.10. The number of carbonyl (C=O) groups excluding carboxylic acids is 1. The van der Waals surface area contributed by atoms with Gasteiger partial charge in [0.25, 0.3) is 0 Å². The Balaban J connectivity index is 2.13. The van der Waals surface area contributed by atoms with Crippen LogP contribution in [0.1, 0.15) is 19.8 Å². The Hall–Kier alpha value is -0.580. The van der Waals surface area contributed by atoms with E-state index >= 15 is 0 Å². The number of carbonyl (C=O) groups is 1. The molecule has 1 unspecified atom stereocenters. The smallest absolute Gasteiger partial charge is 0.231 e. The van der Waals surface area contributed by atoms with Crippen LogP contribution in [-0.2, 0) is 4.79 Å². The molecule has 2 rings (SSSR count). The summed E-state index contributed by atoms with van der Waals surface area (Å²) < 4.78 is 0.897. The van der Waals surface area contributed by atoms with Gasteiger partial charge in [0.2, 0.25) is 5.91 Å². The number of anilines is 1. The molecule has 0 saturated carbocycles. The third-order valence-electron chi connectivity index (χ3n) is 3.32. The van der Waals surface area contributed by atoms with Gasteiger partial charge in [-0.05, 0) is 44.5 Å². The van der Waals surface area contributed by atoms with Gasteiger partial charge in [0.1, 0.15) is 0 Å². The second-order valence-corrected chi connectivity index (χ2v) is 6.24. The first kappa shape index (κ1) is 13.8. The van der Waals surface area contributed by atoms with E-state index in [-0.39, 0.29) is 11.3 Å². The van der Waals surface area contributed by atoms with Crippen LogP contribution in [0.15, 0.2) is 22.7 Å². The average molecular weight is 332 g/mol. The first-order valence-corrected chi connectivity index (χ1v) is 7.16. The van der Waals surface area contributed by atoms with Crippen LogP contribution in [0, 0.1) is 5.41 Å². The fourth-order valence-corrected chi connectivity index (χ4v) is 2.64. The van der Waals surface area contributed by atoms with E-state index in [1.54, 1.807) is 6.07 Å². The van der Waals surface area contributed by atoms with Gasteiger partial charge in [-0.25, -0.2) is 0 Å². The van der Waals surface area contributed by atoms with E-state index in [2.05, 4.69) is 26.6 Å². The van der Waals surface area contributed by atoms with Crippen molar-refractivity contribution in [3.8, 4) is 0 Å². The monoisotopic (exact) mass is 330 g/mol. The fraction of sp³-hybridized carbons (Fsp3) is 0.462. The van der Waals surface area contributed by atoms with Crippen LogP contribution < -0.4 is 10.6 Å². The van der Waals surface area contributed by atoms with Crippen molar-refractivity contribution in [3.05, 3.63) is 27.7 Å². The normalized spacial score (nSPS) is 23.7. The molecule has 0 spiro atoms. The van der Waals surface area contributed by atoms with Gasteiger partial charge in [0, 0.05) is 11.0 Å². The van der Waals surface area contributed by atoms with Gasteiger partial charge in [0.15, 0.2) is 0 Å². The molecule has 0 aromatic heterocycles. The van der Waals surface area contributed by atoms with Crippen LogP contribution in [0.5, 0.6) is 0 Å². The molecular weight excluding hydrogens is 316 g/mol. The zero-order valence-electron chi connectivity index (χ0n) is 10.2. The van der Waals surface area contributed by atoms with Crippen LogP contribution >= 0.6 is 27.5 Å². The molecule has 18 heavy (non-hydrogen) atoms. The van der Waals surface area contributed by atoms with Gasteiger partial charge in [-0.2, -0.15) is 0 Å². The van der Waals surface area contributed by atoms with Crippen LogP contribution in [0.4, 0.5) is 5.69 Å². The first-order chi connectivity index (χ1) is 8.51. The van der Waals surface area contributed by atoms with Crippen molar-refractivity contribution < 1.29 is 4.79 Å². The van der Waals surface area contributed by atoms with Gasteiger partial charge < -0.3 is 10.6 Å². The number of hydrogen-bond donors (Lipinski definition) is 2. The average Bonchev–Trinajstić information content (AvgIpc) is 2.35. The highest BCUT2D eigenvalue weighted by Gasteiger charge is 2.34. The third-order valence-corrected chi connectivity index (χ3v) is 4.14. The van der Waals surface area contributed by atoms with E-state index < -0.39 is 0 Å². The van der Waals surface area contributed by atoms with Crippen molar-refractivity contribution in [2.45, 2.75) is 19.8 Å². The summed E-state index contributed by atoms with van der Waals surface area (Å²) in [5, 5.41) is 6.74. The lowest BCUT2D eigenvalue weighted by Crippen LogP contribution is -2.46. The third kappa shape index (κ3) is 3.05. The van der Waals surface area contributed by atoms with Crippen LogP contribution in [0.25, 0.3) is 0 Å². The standard InChI is InChI=1S/C13H16BrClN2O/c1-13(5-2-6-16-8-13)12(18)17-11-7-9(14)3-4-10(11)15/h3-4,7,16H,2,5-6,8H2,1H3,(H,17,18). The number of hydrogen-bond acceptors (Lipinski definition) is 2. The minimum absolute atomic E-state index is 0.0229. The maximum atomic E-state index is 12.3. The summed E-state index contributed by atoms with van der Waals surface area (Å²) in [6.45, 7) is 3.69. The SMILES string of the molecule is CC1(C(=O)Nc2cc(Br)ccc2Cl)CCCNC1. The zero-order chi connectivity index (χ0) is 13.2. The Morgan fingerprint density at radius 2 is 2.33 bits per heavy atom. The maximum absolute atomic E-state index is 12.3. The molecule has 1 aliphatic heterocycles. The molecule has 98 valence electrons. The predicted octanol–water partition coefficient (Wildman–Crippen LogP) is 3.43. The number of rotatable bonds is 2. The molecule has 2 N–H and O–H groups in total. The Morgan fingerprint density at radius 1 is 1.56 bits per heavy atom. The van der Waals surface area contributed by atoms with Crippen LogP contribution in [-0.4, -0.2) is 19.0 Å². The molecule has 1 heterocycles. The van der Waals surface area contributed by atoms with Crippen molar-refractivity contribution in [1.29, 1.82) is 0 Å². The molecule has 0 aliphatic carbocycles. The van der Waals surface area contributed by atoms with Gasteiger partial charge in [-0.3, -0.25) is 4.79 Å². The molecule has 1 aromatic rings. The van der Waals surface area contributed by atoms with E-state index in [0.717, 1.165) is 23.9 Å². The summed E-state index contributed by atoms with van der Waals surface area (Å²) in [5.41, 5.74) is 0.298. The lowest BCUT2D eigenvalue weighted by Gasteiger charge is -2.32. The number of halogens is 2. The van der Waals surface area contributed by atoms with E-state index in [4.69, 9.17) is 11.6 Å². The zero-order valence-corrected chi connectivity index (χ0v) is 12.6. The van der Waals surface area contributed by atoms with E-state index in [1.807, 2.05) is 19.1 Å². The summed E-state index contributed by atoms with van der Waals surface area (Å²) in [4.78, 5) is 12.3. The number of benzene rings is 1. The molecule has 1 saturated heterocycles. The van der Waals surface area contributed by atoms with E-state index in [9.17, 15) is 4.79 Å². The molecular formula is C13H16BrClN2O. The summed E-state index contributed by atoms with van der Waals surface area (Å²) in [6.07, 6.45) is 1.92. The Kier molecular flexibility index (Phi) is 4.30. The quantitative estimate of drug-likeness (QED) is 0.871. The lowest BCUT2D eigenvalue weighted by molar-refractivity contribution is -0.125. The second-order valence-electron chi connectivity index (χ2n) is 4.92. The molecule has 1 aliphatic rings. The molecule has 3 nitrogen and oxygen atoms in total. The Morgan fingerprint density at radius 3 is 3.00 bits per heavy atom. The maximum Gasteiger partial charge on any atom is 0.231 e. The summed E-state index contributed by atoms with van der Waals surface area (Å²) in [7, 11) is 0. The molecule has 1 fully saturated rings. The molecule has 1 aromatic carbocycles. The molecule has 5 heteroatoms. The van der Waals surface area contributed by atoms with Crippen molar-refractivity contribution >= 4 is 39.1 Å². The Labute approximate surface area is 120 Å². The lowest BCUT2D eigenvalue weighted by atomic mass is 9.82. The van der Waals surface area contributed by atoms with Crippen molar-refractivity contribution in [1.82, 2.24) is 5.32 Å². The number of amides is 1. The topological polar surface area (TPSA) is 41.1 Å².